The molecule has 20 heavy (non-hydrogen) atoms. The zero-order valence-electron chi connectivity index (χ0n) is 13.9. The lowest BCUT2D eigenvalue weighted by Gasteiger charge is -2.36. The third-order valence-electron chi connectivity index (χ3n) is 5.13. The summed E-state index contributed by atoms with van der Waals surface area (Å²) in [5.74, 6) is 2.61. The van der Waals surface area contributed by atoms with Gasteiger partial charge < -0.3 is 15.1 Å². The van der Waals surface area contributed by atoms with E-state index in [4.69, 9.17) is 0 Å². The highest BCUT2D eigenvalue weighted by atomic mass is 15.3. The van der Waals surface area contributed by atoms with Crippen LogP contribution < -0.4 is 5.32 Å². The summed E-state index contributed by atoms with van der Waals surface area (Å²) in [5, 5.41) is 3.56. The first-order valence-corrected chi connectivity index (χ1v) is 8.80. The summed E-state index contributed by atoms with van der Waals surface area (Å²) in [6.45, 7) is 17.3. The van der Waals surface area contributed by atoms with E-state index in [1.54, 1.807) is 0 Å². The molecule has 2 aliphatic heterocycles. The average molecular weight is 281 g/mol. The molecule has 0 saturated carbocycles. The van der Waals surface area contributed by atoms with Crippen molar-refractivity contribution in [3.05, 3.63) is 0 Å². The largest absolute Gasteiger partial charge is 0.316 e. The maximum atomic E-state index is 3.56. The van der Waals surface area contributed by atoms with Gasteiger partial charge in [0, 0.05) is 32.7 Å². The van der Waals surface area contributed by atoms with Crippen LogP contribution in [-0.2, 0) is 0 Å². The maximum absolute atomic E-state index is 3.56. The van der Waals surface area contributed by atoms with Gasteiger partial charge in [0.1, 0.15) is 0 Å². The Hall–Kier alpha value is -0.120. The van der Waals surface area contributed by atoms with Crippen LogP contribution in [0.1, 0.15) is 40.0 Å². The Morgan fingerprint density at radius 3 is 2.35 bits per heavy atom. The van der Waals surface area contributed by atoms with Crippen LogP contribution in [0.25, 0.3) is 0 Å². The molecular weight excluding hydrogens is 246 g/mol. The summed E-state index contributed by atoms with van der Waals surface area (Å²) in [5.41, 5.74) is 0. The second-order valence-corrected chi connectivity index (χ2v) is 7.41. The van der Waals surface area contributed by atoms with E-state index in [-0.39, 0.29) is 0 Å². The molecule has 2 aliphatic rings. The molecule has 0 amide bonds. The number of nitrogens with zero attached hydrogens (tertiary/aromatic N) is 2. The van der Waals surface area contributed by atoms with Crippen molar-refractivity contribution < 1.29 is 0 Å². The van der Waals surface area contributed by atoms with Crippen molar-refractivity contribution in [2.75, 3.05) is 52.4 Å². The number of hydrogen-bond acceptors (Lipinski definition) is 3. The average Bonchev–Trinajstić information content (AvgIpc) is 2.46. The van der Waals surface area contributed by atoms with Gasteiger partial charge in [0.2, 0.25) is 0 Å². The Morgan fingerprint density at radius 2 is 1.75 bits per heavy atom. The minimum absolute atomic E-state index is 0.806. The van der Waals surface area contributed by atoms with Gasteiger partial charge >= 0.3 is 0 Å². The molecule has 0 bridgehead atoms. The monoisotopic (exact) mass is 281 g/mol. The highest BCUT2D eigenvalue weighted by Crippen LogP contribution is 2.22. The van der Waals surface area contributed by atoms with Gasteiger partial charge in [0.25, 0.3) is 0 Å². The van der Waals surface area contributed by atoms with Crippen LogP contribution in [-0.4, -0.2) is 62.2 Å². The first-order chi connectivity index (χ1) is 9.65. The van der Waals surface area contributed by atoms with Gasteiger partial charge in [-0.05, 0) is 56.7 Å². The molecule has 2 atom stereocenters. The molecule has 3 nitrogen and oxygen atoms in total. The Bertz CT molecular complexity index is 253. The molecule has 2 heterocycles. The molecular formula is C17H35N3. The molecule has 0 aromatic carbocycles. The molecule has 2 unspecified atom stereocenters. The van der Waals surface area contributed by atoms with Crippen LogP contribution in [0.3, 0.4) is 0 Å². The van der Waals surface area contributed by atoms with E-state index in [1.807, 2.05) is 0 Å². The van der Waals surface area contributed by atoms with Crippen molar-refractivity contribution in [2.45, 2.75) is 40.0 Å². The van der Waals surface area contributed by atoms with Crippen molar-refractivity contribution in [1.82, 2.24) is 15.1 Å². The van der Waals surface area contributed by atoms with E-state index in [1.165, 1.54) is 71.6 Å². The van der Waals surface area contributed by atoms with Crippen molar-refractivity contribution in [1.29, 1.82) is 0 Å². The molecule has 0 aromatic heterocycles. The lowest BCUT2D eigenvalue weighted by atomic mass is 9.85. The molecule has 0 radical (unpaired) electrons. The summed E-state index contributed by atoms with van der Waals surface area (Å²) >= 11 is 0. The van der Waals surface area contributed by atoms with Crippen molar-refractivity contribution >= 4 is 0 Å². The van der Waals surface area contributed by atoms with Crippen molar-refractivity contribution in [3.63, 3.8) is 0 Å². The topological polar surface area (TPSA) is 18.5 Å². The van der Waals surface area contributed by atoms with Gasteiger partial charge in [0.05, 0.1) is 0 Å². The summed E-state index contributed by atoms with van der Waals surface area (Å²) in [6.07, 6.45) is 4.20. The quantitative estimate of drug-likeness (QED) is 0.806. The number of piperazine rings is 1. The highest BCUT2D eigenvalue weighted by molar-refractivity contribution is 4.77. The Kier molecular flexibility index (Phi) is 6.79. The van der Waals surface area contributed by atoms with Crippen LogP contribution in [0, 0.1) is 17.8 Å². The maximum Gasteiger partial charge on any atom is 0.0110 e. The Labute approximate surface area is 126 Å². The summed E-state index contributed by atoms with van der Waals surface area (Å²) in [6, 6.07) is 0. The second kappa shape index (κ2) is 8.35. The van der Waals surface area contributed by atoms with Gasteiger partial charge in [-0.1, -0.05) is 20.8 Å². The van der Waals surface area contributed by atoms with Gasteiger partial charge in [-0.3, -0.25) is 0 Å². The first kappa shape index (κ1) is 16.3. The fourth-order valence-electron chi connectivity index (χ4n) is 3.70. The number of piperidine rings is 1. The summed E-state index contributed by atoms with van der Waals surface area (Å²) in [7, 11) is 0. The first-order valence-electron chi connectivity index (χ1n) is 8.80. The van der Waals surface area contributed by atoms with Gasteiger partial charge in [0.15, 0.2) is 0 Å². The second-order valence-electron chi connectivity index (χ2n) is 7.41. The van der Waals surface area contributed by atoms with Crippen molar-refractivity contribution in [2.24, 2.45) is 17.8 Å². The Morgan fingerprint density at radius 1 is 1.05 bits per heavy atom. The van der Waals surface area contributed by atoms with E-state index in [0.717, 1.165) is 17.8 Å². The van der Waals surface area contributed by atoms with Crippen molar-refractivity contribution in [3.8, 4) is 0 Å². The molecule has 0 aliphatic carbocycles. The lowest BCUT2D eigenvalue weighted by Crippen LogP contribution is -2.47. The minimum atomic E-state index is 0.806. The summed E-state index contributed by atoms with van der Waals surface area (Å²) < 4.78 is 0. The highest BCUT2D eigenvalue weighted by Gasteiger charge is 2.22. The van der Waals surface area contributed by atoms with Gasteiger partial charge in [-0.25, -0.2) is 0 Å². The molecule has 2 rings (SSSR count). The number of hydrogen-bond donors (Lipinski definition) is 1. The van der Waals surface area contributed by atoms with Crippen LogP contribution in [0.2, 0.25) is 0 Å². The predicted molar refractivity (Wildman–Crippen MR) is 87.1 cm³/mol. The van der Waals surface area contributed by atoms with E-state index in [9.17, 15) is 0 Å². The SMILES string of the molecule is CC(C)CN1CCN(CCC(C)C2CCCNC2)CC1. The zero-order valence-corrected chi connectivity index (χ0v) is 13.9. The molecule has 0 spiro atoms. The third kappa shape index (κ3) is 5.34. The fraction of sp³-hybridized carbons (Fsp3) is 1.00. The zero-order chi connectivity index (χ0) is 14.4. The lowest BCUT2D eigenvalue weighted by molar-refractivity contribution is 0.113. The van der Waals surface area contributed by atoms with Crippen LogP contribution >= 0.6 is 0 Å². The minimum Gasteiger partial charge on any atom is -0.316 e. The standard InChI is InChI=1S/C17H35N3/c1-15(2)14-20-11-9-19(10-12-20)8-6-16(3)17-5-4-7-18-13-17/h15-18H,4-14H2,1-3H3. The van der Waals surface area contributed by atoms with Gasteiger partial charge in [-0.15, -0.1) is 0 Å². The smallest absolute Gasteiger partial charge is 0.0110 e. The van der Waals surface area contributed by atoms with E-state index in [0.29, 0.717) is 0 Å². The fourth-order valence-corrected chi connectivity index (χ4v) is 3.70. The molecule has 2 saturated heterocycles. The van der Waals surface area contributed by atoms with Crippen LogP contribution in [0.15, 0.2) is 0 Å². The molecule has 118 valence electrons. The molecule has 3 heteroatoms. The normalized spacial score (nSPS) is 27.9. The number of nitrogens with one attached hydrogen (secondary N) is 1. The summed E-state index contributed by atoms with van der Waals surface area (Å²) in [4.78, 5) is 5.32. The molecule has 2 fully saturated rings. The van der Waals surface area contributed by atoms with E-state index in [2.05, 4.69) is 35.9 Å². The third-order valence-corrected chi connectivity index (χ3v) is 5.13. The van der Waals surface area contributed by atoms with E-state index < -0.39 is 0 Å². The number of rotatable bonds is 6. The Balaban J connectivity index is 1.60. The molecule has 0 aromatic rings. The van der Waals surface area contributed by atoms with Crippen LogP contribution in [0.4, 0.5) is 0 Å². The van der Waals surface area contributed by atoms with E-state index >= 15 is 0 Å². The van der Waals surface area contributed by atoms with Crippen LogP contribution in [0.5, 0.6) is 0 Å². The predicted octanol–water partition coefficient (Wildman–Crippen LogP) is 2.29. The molecule has 1 N–H and O–H groups in total. The van der Waals surface area contributed by atoms with Gasteiger partial charge in [-0.2, -0.15) is 0 Å².